The summed E-state index contributed by atoms with van der Waals surface area (Å²) in [7, 11) is 1.96. The number of carbonyl (C=O) groups excluding carboxylic acids is 1. The first-order valence-corrected chi connectivity index (χ1v) is 9.33. The van der Waals surface area contributed by atoms with Gasteiger partial charge in [-0.15, -0.1) is 0 Å². The highest BCUT2D eigenvalue weighted by Crippen LogP contribution is 2.32. The molecule has 7 nitrogen and oxygen atoms in total. The Bertz CT molecular complexity index is 689. The van der Waals surface area contributed by atoms with E-state index in [-0.39, 0.29) is 6.03 Å². The van der Waals surface area contributed by atoms with Crippen LogP contribution in [0.1, 0.15) is 37.3 Å². The molecule has 2 aromatic rings. The maximum atomic E-state index is 12.2. The topological polar surface area (TPSA) is 76.8 Å². The number of anilines is 1. The summed E-state index contributed by atoms with van der Waals surface area (Å²) in [4.78, 5) is 16.4. The molecule has 1 saturated carbocycles. The lowest BCUT2D eigenvalue weighted by atomic mass is 10.2. The van der Waals surface area contributed by atoms with Gasteiger partial charge >= 0.3 is 6.03 Å². The Balaban J connectivity index is 1.48. The molecule has 24 heavy (non-hydrogen) atoms. The zero-order valence-electron chi connectivity index (χ0n) is 14.2. The molecule has 0 unspecified atom stereocenters. The predicted octanol–water partition coefficient (Wildman–Crippen LogP) is 2.95. The van der Waals surface area contributed by atoms with Gasteiger partial charge in [-0.3, -0.25) is 5.32 Å². The van der Waals surface area contributed by atoms with E-state index in [1.165, 1.54) is 12.8 Å². The van der Waals surface area contributed by atoms with E-state index < -0.39 is 0 Å². The second-order valence-electron chi connectivity index (χ2n) is 6.11. The predicted molar refractivity (Wildman–Crippen MR) is 95.4 cm³/mol. The Labute approximate surface area is 146 Å². The second kappa shape index (κ2) is 7.74. The molecule has 2 N–H and O–H groups in total. The summed E-state index contributed by atoms with van der Waals surface area (Å²) >= 11 is 1.62. The van der Waals surface area contributed by atoms with Crippen molar-refractivity contribution in [1.29, 1.82) is 0 Å². The summed E-state index contributed by atoms with van der Waals surface area (Å²) in [5.74, 6) is 1.59. The molecule has 1 fully saturated rings. The maximum absolute atomic E-state index is 12.2. The number of imidazole rings is 1. The first-order chi connectivity index (χ1) is 11.6. The lowest BCUT2D eigenvalue weighted by Gasteiger charge is -2.15. The van der Waals surface area contributed by atoms with Crippen molar-refractivity contribution in [3.05, 3.63) is 24.2 Å². The Hall–Kier alpha value is -1.96. The van der Waals surface area contributed by atoms with Gasteiger partial charge in [-0.05, 0) is 19.8 Å². The normalized spacial score (nSPS) is 14.9. The van der Waals surface area contributed by atoms with Gasteiger partial charge in [-0.25, -0.2) is 14.5 Å². The number of hydrogen-bond acceptors (Lipinski definition) is 4. The Kier molecular flexibility index (Phi) is 5.44. The molecule has 2 heterocycles. The Morgan fingerprint density at radius 2 is 2.21 bits per heavy atom. The fourth-order valence-corrected chi connectivity index (χ4v) is 3.77. The van der Waals surface area contributed by atoms with Gasteiger partial charge in [-0.1, -0.05) is 24.6 Å². The third-order valence-corrected chi connectivity index (χ3v) is 5.34. The lowest BCUT2D eigenvalue weighted by Crippen LogP contribution is -2.32. The van der Waals surface area contributed by atoms with Crippen molar-refractivity contribution in [3.63, 3.8) is 0 Å². The van der Waals surface area contributed by atoms with Crippen molar-refractivity contribution in [2.75, 3.05) is 17.6 Å². The van der Waals surface area contributed by atoms with E-state index in [1.807, 2.05) is 35.6 Å². The minimum atomic E-state index is -0.182. The van der Waals surface area contributed by atoms with Crippen molar-refractivity contribution in [3.8, 4) is 0 Å². The van der Waals surface area contributed by atoms with Gasteiger partial charge < -0.3 is 9.88 Å². The van der Waals surface area contributed by atoms with E-state index in [0.29, 0.717) is 12.6 Å². The number of nitrogens with one attached hydrogen (secondary N) is 2. The fraction of sp³-hybridized carbons (Fsp3) is 0.562. The molecule has 0 aliphatic heterocycles. The van der Waals surface area contributed by atoms with E-state index in [9.17, 15) is 4.79 Å². The van der Waals surface area contributed by atoms with Crippen LogP contribution in [-0.4, -0.2) is 37.7 Å². The molecule has 0 spiro atoms. The highest BCUT2D eigenvalue weighted by Gasteiger charge is 2.22. The van der Waals surface area contributed by atoms with Crippen molar-refractivity contribution < 1.29 is 4.79 Å². The number of urea groups is 1. The third-order valence-electron chi connectivity index (χ3n) is 4.28. The molecule has 1 aliphatic rings. The summed E-state index contributed by atoms with van der Waals surface area (Å²) in [5, 5.41) is 11.3. The molecule has 3 rings (SSSR count). The quantitative estimate of drug-likeness (QED) is 0.621. The van der Waals surface area contributed by atoms with Gasteiger partial charge in [0.2, 0.25) is 0 Å². The van der Waals surface area contributed by atoms with Gasteiger partial charge in [-0.2, -0.15) is 5.10 Å². The summed E-state index contributed by atoms with van der Waals surface area (Å²) in [6, 6.07) is 0.228. The molecule has 1 aliphatic carbocycles. The molecule has 0 saturated heterocycles. The SMILES string of the molecule is Cc1cnn(C2CCCC2)c1NC(=O)NCCSc1nccn1C. The van der Waals surface area contributed by atoms with Gasteiger partial charge in [0.15, 0.2) is 5.16 Å². The molecule has 8 heteroatoms. The smallest absolute Gasteiger partial charge is 0.320 e. The molecular weight excluding hydrogens is 324 g/mol. The van der Waals surface area contributed by atoms with Gasteiger partial charge in [0.25, 0.3) is 0 Å². The standard InChI is InChI=1S/C16H24N6OS/c1-12-11-19-22(13-5-3-4-6-13)14(12)20-15(23)17-8-10-24-16-18-7-9-21(16)2/h7,9,11,13H,3-6,8,10H2,1-2H3,(H2,17,20,23). The molecule has 2 amide bonds. The van der Waals surface area contributed by atoms with Crippen LogP contribution < -0.4 is 10.6 Å². The van der Waals surface area contributed by atoms with Crippen LogP contribution in [0.2, 0.25) is 0 Å². The van der Waals surface area contributed by atoms with Crippen molar-refractivity contribution >= 4 is 23.6 Å². The molecule has 0 bridgehead atoms. The number of aryl methyl sites for hydroxylation is 2. The largest absolute Gasteiger partial charge is 0.337 e. The van der Waals surface area contributed by atoms with Crippen LogP contribution in [0.15, 0.2) is 23.7 Å². The van der Waals surface area contributed by atoms with Gasteiger partial charge in [0, 0.05) is 37.3 Å². The molecule has 0 radical (unpaired) electrons. The van der Waals surface area contributed by atoms with Crippen LogP contribution in [0.25, 0.3) is 0 Å². The minimum Gasteiger partial charge on any atom is -0.337 e. The Morgan fingerprint density at radius 3 is 2.92 bits per heavy atom. The van der Waals surface area contributed by atoms with E-state index in [2.05, 4.69) is 20.7 Å². The number of thioether (sulfide) groups is 1. The zero-order valence-corrected chi connectivity index (χ0v) is 15.0. The van der Waals surface area contributed by atoms with Crippen molar-refractivity contribution in [1.82, 2.24) is 24.6 Å². The van der Waals surface area contributed by atoms with Crippen LogP contribution >= 0.6 is 11.8 Å². The molecule has 130 valence electrons. The summed E-state index contributed by atoms with van der Waals surface area (Å²) in [5.41, 5.74) is 0.999. The number of rotatable bonds is 6. The highest BCUT2D eigenvalue weighted by molar-refractivity contribution is 7.99. The summed E-state index contributed by atoms with van der Waals surface area (Å²) < 4.78 is 3.94. The first-order valence-electron chi connectivity index (χ1n) is 8.34. The average molecular weight is 348 g/mol. The molecule has 2 aromatic heterocycles. The van der Waals surface area contributed by atoms with Crippen LogP contribution in [-0.2, 0) is 7.05 Å². The number of amides is 2. The van der Waals surface area contributed by atoms with E-state index in [4.69, 9.17) is 0 Å². The van der Waals surface area contributed by atoms with E-state index >= 15 is 0 Å². The van der Waals surface area contributed by atoms with Crippen LogP contribution in [0, 0.1) is 6.92 Å². The van der Waals surface area contributed by atoms with E-state index in [1.54, 1.807) is 18.0 Å². The van der Waals surface area contributed by atoms with E-state index in [0.717, 1.165) is 35.1 Å². The summed E-state index contributed by atoms with van der Waals surface area (Å²) in [6.07, 6.45) is 10.3. The molecule has 0 aromatic carbocycles. The fourth-order valence-electron chi connectivity index (χ4n) is 2.98. The molecule has 0 atom stereocenters. The third kappa shape index (κ3) is 3.92. The first kappa shape index (κ1) is 16.9. The van der Waals surface area contributed by atoms with Gasteiger partial charge in [0.05, 0.1) is 12.2 Å². The van der Waals surface area contributed by atoms with Crippen LogP contribution in [0.4, 0.5) is 10.6 Å². The number of hydrogen-bond donors (Lipinski definition) is 2. The monoisotopic (exact) mass is 348 g/mol. The molecular formula is C16H24N6OS. The van der Waals surface area contributed by atoms with Crippen LogP contribution in [0.3, 0.4) is 0 Å². The Morgan fingerprint density at radius 1 is 1.42 bits per heavy atom. The maximum Gasteiger partial charge on any atom is 0.320 e. The zero-order chi connectivity index (χ0) is 16.9. The highest BCUT2D eigenvalue weighted by atomic mass is 32.2. The average Bonchev–Trinajstić information content (AvgIpc) is 3.28. The van der Waals surface area contributed by atoms with Crippen molar-refractivity contribution in [2.45, 2.75) is 43.8 Å². The number of aromatic nitrogens is 4. The number of carbonyl (C=O) groups is 1. The second-order valence-corrected chi connectivity index (χ2v) is 7.17. The van der Waals surface area contributed by atoms with Crippen LogP contribution in [0.5, 0.6) is 0 Å². The van der Waals surface area contributed by atoms with Gasteiger partial charge in [0.1, 0.15) is 5.82 Å². The number of nitrogens with zero attached hydrogens (tertiary/aromatic N) is 4. The van der Waals surface area contributed by atoms with Crippen molar-refractivity contribution in [2.24, 2.45) is 7.05 Å². The lowest BCUT2D eigenvalue weighted by molar-refractivity contribution is 0.252. The summed E-state index contributed by atoms with van der Waals surface area (Å²) in [6.45, 7) is 2.56. The minimum absolute atomic E-state index is 0.182.